The standard InChI is InChI=1S/C66H42N6O2/c1-5-20-43(21-6-1)63-67-69-65(73-63)47-26-17-24-45(40-47)60-53-33-13-14-34-54(53)61(46-25-18-27-48(41-46)66-70-68-64(74-66)44-22-7-2-8-23-44)62-55(60)35-19-37-59(62)71(49-28-9-3-10-29-49)51-38-39-58-56(42-51)52-32-15-16-36-57(52)72(58)50-30-11-4-12-31-50/h1-42H. The number of rotatable bonds is 10. The molecule has 0 radical (unpaired) electrons. The second-order valence-corrected chi connectivity index (χ2v) is 18.3. The van der Waals surface area contributed by atoms with Crippen molar-refractivity contribution in [2.75, 3.05) is 4.90 Å². The van der Waals surface area contributed by atoms with Gasteiger partial charge in [-0.05, 0) is 142 Å². The number of benzene rings is 11. The molecule has 0 unspecified atom stereocenters. The monoisotopic (exact) mass is 950 g/mol. The first-order valence-electron chi connectivity index (χ1n) is 24.6. The normalized spacial score (nSPS) is 11.5. The Kier molecular flexibility index (Phi) is 10.3. The Morgan fingerprint density at radius 3 is 1.36 bits per heavy atom. The van der Waals surface area contributed by atoms with Crippen molar-refractivity contribution in [3.63, 3.8) is 0 Å². The number of aromatic nitrogens is 5. The Morgan fingerprint density at radius 1 is 0.297 bits per heavy atom. The van der Waals surface area contributed by atoms with Crippen LogP contribution in [0.15, 0.2) is 264 Å². The molecular formula is C66H42N6O2. The van der Waals surface area contributed by atoms with E-state index in [4.69, 9.17) is 8.83 Å². The van der Waals surface area contributed by atoms with Crippen LogP contribution in [0.4, 0.5) is 17.1 Å². The summed E-state index contributed by atoms with van der Waals surface area (Å²) in [4.78, 5) is 2.41. The molecule has 8 heteroatoms. The molecule has 0 amide bonds. The lowest BCUT2D eigenvalue weighted by Gasteiger charge is -2.29. The molecule has 0 atom stereocenters. The van der Waals surface area contributed by atoms with E-state index in [1.807, 2.05) is 72.8 Å². The van der Waals surface area contributed by atoms with Gasteiger partial charge in [0.05, 0.1) is 16.7 Å². The number of hydrogen-bond acceptors (Lipinski definition) is 7. The SMILES string of the molecule is c1ccc(-c2nnc(-c3cccc(-c4c5ccccc5c(-c5cccc(-c6nnc(-c7ccccc7)o6)c5)c5c(N(c6ccccc6)c6ccc7c(c6)c6ccccc6n7-c6ccccc6)cccc45)c3)o2)cc1. The molecule has 0 saturated heterocycles. The molecule has 74 heavy (non-hydrogen) atoms. The summed E-state index contributed by atoms with van der Waals surface area (Å²) in [5, 5.41) is 24.7. The highest BCUT2D eigenvalue weighted by Crippen LogP contribution is 2.51. The van der Waals surface area contributed by atoms with Crippen LogP contribution in [0.1, 0.15) is 0 Å². The summed E-state index contributed by atoms with van der Waals surface area (Å²) in [6, 6.07) is 88.9. The van der Waals surface area contributed by atoms with Gasteiger partial charge >= 0.3 is 0 Å². The van der Waals surface area contributed by atoms with E-state index in [1.54, 1.807) is 0 Å². The fraction of sp³-hybridized carbons (Fsp3) is 0. The van der Waals surface area contributed by atoms with Gasteiger partial charge < -0.3 is 18.3 Å². The zero-order valence-corrected chi connectivity index (χ0v) is 39.7. The molecule has 11 aromatic carbocycles. The van der Waals surface area contributed by atoms with Crippen molar-refractivity contribution in [2.45, 2.75) is 0 Å². The van der Waals surface area contributed by atoms with Crippen LogP contribution >= 0.6 is 0 Å². The second kappa shape index (κ2) is 17.9. The summed E-state index contributed by atoms with van der Waals surface area (Å²) in [7, 11) is 0. The molecule has 0 aliphatic heterocycles. The van der Waals surface area contributed by atoms with Crippen LogP contribution < -0.4 is 4.90 Å². The highest BCUT2D eigenvalue weighted by Gasteiger charge is 2.25. The van der Waals surface area contributed by atoms with Crippen LogP contribution in [0.25, 0.3) is 117 Å². The van der Waals surface area contributed by atoms with Crippen molar-refractivity contribution in [2.24, 2.45) is 0 Å². The minimum atomic E-state index is 0.443. The maximum absolute atomic E-state index is 6.40. The third kappa shape index (κ3) is 7.31. The van der Waals surface area contributed by atoms with E-state index in [2.05, 4.69) is 212 Å². The summed E-state index contributed by atoms with van der Waals surface area (Å²) in [5.74, 6) is 1.83. The first-order valence-corrected chi connectivity index (χ1v) is 24.6. The molecular weight excluding hydrogens is 909 g/mol. The first-order chi connectivity index (χ1) is 36.7. The van der Waals surface area contributed by atoms with Crippen molar-refractivity contribution in [3.8, 4) is 73.8 Å². The molecule has 0 N–H and O–H groups in total. The van der Waals surface area contributed by atoms with E-state index in [-0.39, 0.29) is 0 Å². The number of hydrogen-bond donors (Lipinski definition) is 0. The van der Waals surface area contributed by atoms with Crippen LogP contribution in [-0.2, 0) is 0 Å². The quantitative estimate of drug-likeness (QED) is 0.126. The lowest BCUT2D eigenvalue weighted by atomic mass is 9.84. The van der Waals surface area contributed by atoms with Gasteiger partial charge in [0.2, 0.25) is 23.6 Å². The molecule has 0 saturated carbocycles. The number of nitrogens with zero attached hydrogens (tertiary/aromatic N) is 6. The Balaban J connectivity index is 1.03. The molecule has 3 aromatic heterocycles. The van der Waals surface area contributed by atoms with Gasteiger partial charge in [0.1, 0.15) is 0 Å². The molecule has 14 rings (SSSR count). The largest absolute Gasteiger partial charge is 0.416 e. The van der Waals surface area contributed by atoms with Crippen LogP contribution in [0, 0.1) is 0 Å². The Morgan fingerprint density at radius 2 is 0.743 bits per heavy atom. The van der Waals surface area contributed by atoms with Gasteiger partial charge in [-0.3, -0.25) is 0 Å². The van der Waals surface area contributed by atoms with Gasteiger partial charge in [-0.25, -0.2) is 0 Å². The molecule has 3 heterocycles. The van der Waals surface area contributed by atoms with E-state index in [0.717, 1.165) is 105 Å². The summed E-state index contributed by atoms with van der Waals surface area (Å²) < 4.78 is 15.1. The fourth-order valence-corrected chi connectivity index (χ4v) is 10.7. The van der Waals surface area contributed by atoms with Gasteiger partial charge in [0, 0.05) is 55.5 Å². The smallest absolute Gasteiger partial charge is 0.248 e. The lowest BCUT2D eigenvalue weighted by molar-refractivity contribution is 0.584. The summed E-state index contributed by atoms with van der Waals surface area (Å²) in [5.41, 5.74) is 14.0. The van der Waals surface area contributed by atoms with E-state index in [9.17, 15) is 0 Å². The molecule has 14 aromatic rings. The predicted molar refractivity (Wildman–Crippen MR) is 299 cm³/mol. The predicted octanol–water partition coefficient (Wildman–Crippen LogP) is 17.3. The number of anilines is 3. The number of fused-ring (bicyclic) bond motifs is 5. The van der Waals surface area contributed by atoms with E-state index in [0.29, 0.717) is 23.6 Å². The third-order valence-corrected chi connectivity index (χ3v) is 13.9. The van der Waals surface area contributed by atoms with Crippen molar-refractivity contribution in [3.05, 3.63) is 255 Å². The highest BCUT2D eigenvalue weighted by atomic mass is 16.4. The molecule has 0 aliphatic carbocycles. The number of para-hydroxylation sites is 3. The van der Waals surface area contributed by atoms with Crippen molar-refractivity contribution >= 4 is 60.4 Å². The molecule has 0 spiro atoms. The van der Waals surface area contributed by atoms with E-state index < -0.39 is 0 Å². The van der Waals surface area contributed by atoms with Gasteiger partial charge in [-0.15, -0.1) is 20.4 Å². The maximum atomic E-state index is 6.40. The minimum Gasteiger partial charge on any atom is -0.416 e. The summed E-state index contributed by atoms with van der Waals surface area (Å²) in [6.45, 7) is 0. The van der Waals surface area contributed by atoms with Gasteiger partial charge in [-0.2, -0.15) is 0 Å². The van der Waals surface area contributed by atoms with Crippen molar-refractivity contribution in [1.82, 2.24) is 25.0 Å². The average molecular weight is 951 g/mol. The van der Waals surface area contributed by atoms with Crippen LogP contribution in [0.2, 0.25) is 0 Å². The fourth-order valence-electron chi connectivity index (χ4n) is 10.7. The summed E-state index contributed by atoms with van der Waals surface area (Å²) >= 11 is 0. The van der Waals surface area contributed by atoms with Gasteiger partial charge in [0.25, 0.3) is 0 Å². The third-order valence-electron chi connectivity index (χ3n) is 13.9. The summed E-state index contributed by atoms with van der Waals surface area (Å²) in [6.07, 6.45) is 0. The zero-order chi connectivity index (χ0) is 49.0. The molecule has 0 fully saturated rings. The Labute approximate surface area is 425 Å². The van der Waals surface area contributed by atoms with E-state index >= 15 is 0 Å². The average Bonchev–Trinajstić information content (AvgIpc) is 4.27. The first kappa shape index (κ1) is 42.7. The molecule has 348 valence electrons. The Bertz CT molecular complexity index is 4380. The van der Waals surface area contributed by atoms with Gasteiger partial charge in [0.15, 0.2) is 0 Å². The minimum absolute atomic E-state index is 0.443. The highest BCUT2D eigenvalue weighted by molar-refractivity contribution is 6.25. The Hall–Kier alpha value is -10.2. The van der Waals surface area contributed by atoms with Crippen LogP contribution in [0.5, 0.6) is 0 Å². The van der Waals surface area contributed by atoms with E-state index in [1.165, 1.54) is 5.39 Å². The van der Waals surface area contributed by atoms with Gasteiger partial charge in [-0.1, -0.05) is 152 Å². The lowest BCUT2D eigenvalue weighted by Crippen LogP contribution is -2.11. The van der Waals surface area contributed by atoms with Crippen molar-refractivity contribution < 1.29 is 8.83 Å². The van der Waals surface area contributed by atoms with Crippen molar-refractivity contribution in [1.29, 1.82) is 0 Å². The zero-order valence-electron chi connectivity index (χ0n) is 39.7. The topological polar surface area (TPSA) is 86.0 Å². The molecule has 0 bridgehead atoms. The van der Waals surface area contributed by atoms with Crippen LogP contribution in [0.3, 0.4) is 0 Å². The maximum Gasteiger partial charge on any atom is 0.248 e. The second-order valence-electron chi connectivity index (χ2n) is 18.3. The molecule has 8 nitrogen and oxygen atoms in total. The molecule has 0 aliphatic rings. The van der Waals surface area contributed by atoms with Crippen LogP contribution in [-0.4, -0.2) is 25.0 Å².